The molecule has 4 N–H and O–H groups in total. The predicted octanol–water partition coefficient (Wildman–Crippen LogP) is -0.301. The van der Waals surface area contributed by atoms with Crippen LogP contribution in [0.15, 0.2) is 18.0 Å². The van der Waals surface area contributed by atoms with Crippen molar-refractivity contribution in [1.82, 2.24) is 20.9 Å². The average Bonchev–Trinajstić information content (AvgIpc) is 2.88. The molecule has 0 radical (unpaired) electrons. The molecule has 2 aliphatic rings. The molecule has 7 heteroatoms. The molecular formula is C11H10N4O3. The summed E-state index contributed by atoms with van der Waals surface area (Å²) in [6, 6.07) is 1.18. The van der Waals surface area contributed by atoms with Crippen LogP contribution in [0.5, 0.6) is 0 Å². The minimum Gasteiger partial charge on any atom is -0.357 e. The van der Waals surface area contributed by atoms with Gasteiger partial charge >= 0.3 is 6.03 Å². The zero-order valence-electron chi connectivity index (χ0n) is 9.29. The number of aromatic nitrogens is 1. The second-order valence-electron chi connectivity index (χ2n) is 4.03. The van der Waals surface area contributed by atoms with Gasteiger partial charge in [0.15, 0.2) is 0 Å². The van der Waals surface area contributed by atoms with Crippen LogP contribution in [0.25, 0.3) is 5.57 Å². The number of fused-ring (bicyclic) bond motifs is 1. The lowest BCUT2D eigenvalue weighted by molar-refractivity contribution is -0.115. The Kier molecular flexibility index (Phi) is 2.19. The molecule has 2 aliphatic heterocycles. The van der Waals surface area contributed by atoms with Crippen LogP contribution in [0.3, 0.4) is 0 Å². The third kappa shape index (κ3) is 1.48. The second-order valence-corrected chi connectivity index (χ2v) is 4.03. The Balaban J connectivity index is 2.16. The summed E-state index contributed by atoms with van der Waals surface area (Å²) < 4.78 is 0. The Bertz CT molecular complexity index is 599. The van der Waals surface area contributed by atoms with Crippen molar-refractivity contribution in [1.29, 1.82) is 0 Å². The van der Waals surface area contributed by atoms with Crippen molar-refractivity contribution in [2.24, 2.45) is 0 Å². The van der Waals surface area contributed by atoms with E-state index < -0.39 is 11.9 Å². The van der Waals surface area contributed by atoms with Crippen LogP contribution in [0, 0.1) is 0 Å². The number of carbonyl (C=O) groups excluding carboxylic acids is 3. The van der Waals surface area contributed by atoms with Gasteiger partial charge < -0.3 is 15.6 Å². The molecule has 3 heterocycles. The van der Waals surface area contributed by atoms with Gasteiger partial charge in [0.25, 0.3) is 11.8 Å². The Morgan fingerprint density at radius 2 is 1.89 bits per heavy atom. The molecule has 92 valence electrons. The van der Waals surface area contributed by atoms with Crippen LogP contribution in [0.2, 0.25) is 0 Å². The van der Waals surface area contributed by atoms with E-state index in [4.69, 9.17) is 0 Å². The van der Waals surface area contributed by atoms with E-state index in [1.54, 1.807) is 12.3 Å². The summed E-state index contributed by atoms with van der Waals surface area (Å²) in [5.41, 5.74) is 1.94. The Morgan fingerprint density at radius 3 is 2.61 bits per heavy atom. The summed E-state index contributed by atoms with van der Waals surface area (Å²) in [4.78, 5) is 37.3. The molecule has 0 aromatic carbocycles. The van der Waals surface area contributed by atoms with E-state index in [2.05, 4.69) is 20.9 Å². The first kappa shape index (κ1) is 10.6. The van der Waals surface area contributed by atoms with E-state index in [-0.39, 0.29) is 11.6 Å². The zero-order valence-corrected chi connectivity index (χ0v) is 9.29. The first-order valence-electron chi connectivity index (χ1n) is 5.48. The fourth-order valence-electron chi connectivity index (χ4n) is 2.17. The molecule has 7 nitrogen and oxygen atoms in total. The molecule has 0 spiro atoms. The lowest BCUT2D eigenvalue weighted by Gasteiger charge is -2.05. The topological polar surface area (TPSA) is 103 Å². The molecule has 3 rings (SSSR count). The van der Waals surface area contributed by atoms with Gasteiger partial charge in [-0.3, -0.25) is 14.9 Å². The van der Waals surface area contributed by atoms with Gasteiger partial charge in [0.2, 0.25) is 0 Å². The lowest BCUT2D eigenvalue weighted by atomic mass is 10.0. The van der Waals surface area contributed by atoms with E-state index in [1.807, 2.05) is 0 Å². The van der Waals surface area contributed by atoms with E-state index in [9.17, 15) is 14.4 Å². The highest BCUT2D eigenvalue weighted by atomic mass is 16.2. The number of amides is 4. The third-order valence-corrected chi connectivity index (χ3v) is 2.95. The van der Waals surface area contributed by atoms with E-state index in [1.165, 1.54) is 0 Å². The molecule has 18 heavy (non-hydrogen) atoms. The number of imide groups is 1. The Morgan fingerprint density at radius 1 is 1.06 bits per heavy atom. The van der Waals surface area contributed by atoms with Gasteiger partial charge in [0, 0.05) is 18.3 Å². The average molecular weight is 246 g/mol. The zero-order chi connectivity index (χ0) is 12.7. The van der Waals surface area contributed by atoms with Crippen LogP contribution in [-0.2, 0) is 4.79 Å². The van der Waals surface area contributed by atoms with Gasteiger partial charge in [0.1, 0.15) is 11.4 Å². The highest BCUT2D eigenvalue weighted by Gasteiger charge is 2.30. The summed E-state index contributed by atoms with van der Waals surface area (Å²) >= 11 is 0. The highest BCUT2D eigenvalue weighted by molar-refractivity contribution is 6.16. The largest absolute Gasteiger partial charge is 0.357 e. The van der Waals surface area contributed by atoms with Crippen LogP contribution in [0.1, 0.15) is 22.5 Å². The maximum Gasteiger partial charge on any atom is 0.326 e. The van der Waals surface area contributed by atoms with Crippen molar-refractivity contribution < 1.29 is 14.4 Å². The van der Waals surface area contributed by atoms with Crippen molar-refractivity contribution in [3.8, 4) is 0 Å². The smallest absolute Gasteiger partial charge is 0.326 e. The standard InChI is InChI=1S/C11H10N4O3/c16-9-7-5(1-3-12-7)6(2-4-13-9)8-10(17)15-11(18)14-8/h1,3,12H,2,4H2,(H,13,16)(H2,14,15,17,18)/b8-6+. The van der Waals surface area contributed by atoms with Gasteiger partial charge in [-0.25, -0.2) is 4.79 Å². The summed E-state index contributed by atoms with van der Waals surface area (Å²) in [5, 5.41) is 7.35. The van der Waals surface area contributed by atoms with Gasteiger partial charge in [-0.05, 0) is 18.1 Å². The molecule has 0 saturated carbocycles. The quantitative estimate of drug-likeness (QED) is 0.373. The molecule has 0 bridgehead atoms. The first-order valence-corrected chi connectivity index (χ1v) is 5.48. The minimum absolute atomic E-state index is 0.213. The number of nitrogens with one attached hydrogen (secondary N) is 4. The summed E-state index contributed by atoms with van der Waals surface area (Å²) in [5.74, 6) is -0.674. The number of hydrogen-bond donors (Lipinski definition) is 4. The number of carbonyl (C=O) groups is 3. The van der Waals surface area contributed by atoms with E-state index in [0.717, 1.165) is 0 Å². The maximum absolute atomic E-state index is 11.7. The molecule has 0 aliphatic carbocycles. The highest BCUT2D eigenvalue weighted by Crippen LogP contribution is 2.27. The van der Waals surface area contributed by atoms with Crippen LogP contribution < -0.4 is 16.0 Å². The van der Waals surface area contributed by atoms with Gasteiger partial charge in [-0.2, -0.15) is 0 Å². The fraction of sp³-hybridized carbons (Fsp3) is 0.182. The molecule has 1 saturated heterocycles. The molecule has 0 unspecified atom stereocenters. The maximum atomic E-state index is 11.7. The summed E-state index contributed by atoms with van der Waals surface area (Å²) in [6.45, 7) is 0.420. The van der Waals surface area contributed by atoms with Crippen molar-refractivity contribution in [2.45, 2.75) is 6.42 Å². The number of rotatable bonds is 0. The van der Waals surface area contributed by atoms with Gasteiger partial charge in [0.05, 0.1) is 0 Å². The van der Waals surface area contributed by atoms with Crippen molar-refractivity contribution >= 4 is 23.4 Å². The van der Waals surface area contributed by atoms with E-state index in [0.29, 0.717) is 29.8 Å². The van der Waals surface area contributed by atoms with Crippen LogP contribution in [-0.4, -0.2) is 29.4 Å². The van der Waals surface area contributed by atoms with E-state index >= 15 is 0 Å². The SMILES string of the molecule is O=C1NC(=O)/C(=C2/CCNC(=O)c3[nH]ccc32)N1. The molecule has 1 aromatic heterocycles. The number of hydrogen-bond acceptors (Lipinski definition) is 3. The fourth-order valence-corrected chi connectivity index (χ4v) is 2.17. The summed E-state index contributed by atoms with van der Waals surface area (Å²) in [6.07, 6.45) is 2.12. The summed E-state index contributed by atoms with van der Waals surface area (Å²) in [7, 11) is 0. The molecule has 4 amide bonds. The van der Waals surface area contributed by atoms with Gasteiger partial charge in [-0.1, -0.05) is 0 Å². The molecule has 1 fully saturated rings. The third-order valence-electron chi connectivity index (χ3n) is 2.95. The van der Waals surface area contributed by atoms with Crippen LogP contribution >= 0.6 is 0 Å². The van der Waals surface area contributed by atoms with Crippen molar-refractivity contribution in [3.63, 3.8) is 0 Å². The monoisotopic (exact) mass is 246 g/mol. The number of H-pyrrole nitrogens is 1. The Hall–Kier alpha value is -2.57. The van der Waals surface area contributed by atoms with Crippen molar-refractivity contribution in [2.75, 3.05) is 6.54 Å². The molecular weight excluding hydrogens is 236 g/mol. The number of aromatic amines is 1. The minimum atomic E-state index is -0.539. The Labute approximate surface area is 102 Å². The second kappa shape index (κ2) is 3.73. The normalized spacial score (nSPS) is 23.0. The predicted molar refractivity (Wildman–Crippen MR) is 61.3 cm³/mol. The van der Waals surface area contributed by atoms with Crippen LogP contribution in [0.4, 0.5) is 4.79 Å². The molecule has 0 atom stereocenters. The first-order chi connectivity index (χ1) is 8.66. The number of urea groups is 1. The lowest BCUT2D eigenvalue weighted by Crippen LogP contribution is -2.22. The van der Waals surface area contributed by atoms with Crippen molar-refractivity contribution in [3.05, 3.63) is 29.2 Å². The van der Waals surface area contributed by atoms with Gasteiger partial charge in [-0.15, -0.1) is 0 Å². The molecule has 1 aromatic rings.